The van der Waals surface area contributed by atoms with Crippen LogP contribution in [-0.4, -0.2) is 61.4 Å². The number of aliphatic hydroxyl groups is 2. The summed E-state index contributed by atoms with van der Waals surface area (Å²) in [6.07, 6.45) is 0.364. The zero-order chi connectivity index (χ0) is 18.9. The number of hydrogen-bond donors (Lipinski definition) is 3. The highest BCUT2D eigenvalue weighted by atomic mass is 35.5. The molecule has 2 heterocycles. The molecule has 4 rings (SSSR count). The SMILES string of the molecule is CCOP(C)(=O)C[C@]12C[C@@H]1[C@@H](n1cnc3c(N)nc(Cl)nc31)[C@H](O)[C@@H]2O. The first-order valence-electron chi connectivity index (χ1n) is 8.43. The van der Waals surface area contributed by atoms with Gasteiger partial charge >= 0.3 is 0 Å². The number of imidazole rings is 1. The second kappa shape index (κ2) is 5.87. The van der Waals surface area contributed by atoms with Gasteiger partial charge in [-0.1, -0.05) is 0 Å². The topological polar surface area (TPSA) is 136 Å². The van der Waals surface area contributed by atoms with Gasteiger partial charge in [0.2, 0.25) is 12.7 Å². The third-order valence-electron chi connectivity index (χ3n) is 5.58. The van der Waals surface area contributed by atoms with Crippen molar-refractivity contribution in [1.82, 2.24) is 19.5 Å². The molecule has 0 amide bonds. The second-order valence-corrected chi connectivity index (χ2v) is 10.2. The van der Waals surface area contributed by atoms with Gasteiger partial charge in [0, 0.05) is 18.2 Å². The van der Waals surface area contributed by atoms with Crippen LogP contribution in [0.2, 0.25) is 5.28 Å². The Morgan fingerprint density at radius 3 is 2.92 bits per heavy atom. The third kappa shape index (κ3) is 2.57. The number of aromatic nitrogens is 4. The standard InChI is InChI=1S/C15H21ClN5O4P/c1-3-25-26(2,24)5-15-4-7(15)9(10(22)11(15)23)21-6-18-8-12(17)19-14(16)20-13(8)21/h6-7,9-11,22-23H,3-5H2,1-2H3,(H2,17,19,20)/t7-,9-,10+,11+,15-,26?/m1/s1. The summed E-state index contributed by atoms with van der Waals surface area (Å²) < 4.78 is 19.7. The van der Waals surface area contributed by atoms with Crippen molar-refractivity contribution in [3.05, 3.63) is 11.6 Å². The Labute approximate surface area is 155 Å². The van der Waals surface area contributed by atoms with Gasteiger partial charge < -0.3 is 25.0 Å². The molecule has 2 aromatic heterocycles. The number of nitrogen functional groups attached to an aromatic ring is 1. The van der Waals surface area contributed by atoms with Gasteiger partial charge in [0.15, 0.2) is 11.5 Å². The van der Waals surface area contributed by atoms with Crippen LogP contribution in [0, 0.1) is 11.3 Å². The van der Waals surface area contributed by atoms with Crippen molar-refractivity contribution in [1.29, 1.82) is 0 Å². The summed E-state index contributed by atoms with van der Waals surface area (Å²) >= 11 is 5.91. The lowest BCUT2D eigenvalue weighted by Gasteiger charge is -2.25. The third-order valence-corrected chi connectivity index (χ3v) is 7.72. The number of anilines is 1. The first kappa shape index (κ1) is 18.1. The van der Waals surface area contributed by atoms with Crippen LogP contribution in [0.25, 0.3) is 11.2 Å². The Balaban J connectivity index is 1.71. The quantitative estimate of drug-likeness (QED) is 0.503. The molecule has 0 bridgehead atoms. The molecule has 1 unspecified atom stereocenters. The molecule has 2 aromatic rings. The zero-order valence-corrected chi connectivity index (χ0v) is 16.1. The van der Waals surface area contributed by atoms with Crippen LogP contribution < -0.4 is 5.73 Å². The first-order chi connectivity index (χ1) is 12.2. The van der Waals surface area contributed by atoms with Gasteiger partial charge in [0.1, 0.15) is 11.6 Å². The molecule has 2 aliphatic carbocycles. The van der Waals surface area contributed by atoms with Gasteiger partial charge in [-0.15, -0.1) is 0 Å². The molecule has 0 saturated heterocycles. The van der Waals surface area contributed by atoms with E-state index in [4.69, 9.17) is 21.9 Å². The highest BCUT2D eigenvalue weighted by molar-refractivity contribution is 7.58. The highest BCUT2D eigenvalue weighted by Gasteiger charge is 2.72. The summed E-state index contributed by atoms with van der Waals surface area (Å²) in [6.45, 7) is 3.71. The summed E-state index contributed by atoms with van der Waals surface area (Å²) in [5.74, 6) is 0.0943. The summed E-state index contributed by atoms with van der Waals surface area (Å²) in [6, 6.07) is -0.456. The van der Waals surface area contributed by atoms with E-state index in [0.717, 1.165) is 0 Å². The minimum atomic E-state index is -2.86. The Morgan fingerprint density at radius 1 is 1.50 bits per heavy atom. The van der Waals surface area contributed by atoms with Crippen molar-refractivity contribution < 1.29 is 19.3 Å². The molecule has 26 heavy (non-hydrogen) atoms. The summed E-state index contributed by atoms with van der Waals surface area (Å²) in [4.78, 5) is 12.3. The van der Waals surface area contributed by atoms with Crippen LogP contribution >= 0.6 is 19.0 Å². The number of rotatable bonds is 5. The van der Waals surface area contributed by atoms with Crippen LogP contribution in [0.3, 0.4) is 0 Å². The summed E-state index contributed by atoms with van der Waals surface area (Å²) in [7, 11) is -2.86. The Morgan fingerprint density at radius 2 is 2.23 bits per heavy atom. The van der Waals surface area contributed by atoms with Crippen molar-refractivity contribution in [2.24, 2.45) is 11.3 Å². The van der Waals surface area contributed by atoms with Crippen LogP contribution in [0.15, 0.2) is 6.33 Å². The van der Waals surface area contributed by atoms with Crippen molar-refractivity contribution in [3.8, 4) is 0 Å². The Hall–Kier alpha value is -1.25. The van der Waals surface area contributed by atoms with E-state index in [9.17, 15) is 14.8 Å². The molecule has 9 nitrogen and oxygen atoms in total. The van der Waals surface area contributed by atoms with Crippen LogP contribution in [-0.2, 0) is 9.09 Å². The van der Waals surface area contributed by atoms with E-state index in [1.165, 1.54) is 6.33 Å². The minimum Gasteiger partial charge on any atom is -0.390 e. The van der Waals surface area contributed by atoms with Crippen LogP contribution in [0.4, 0.5) is 5.82 Å². The molecule has 142 valence electrons. The number of nitrogens with two attached hydrogens (primary N) is 1. The molecule has 0 aromatic carbocycles. The van der Waals surface area contributed by atoms with Crippen LogP contribution in [0.5, 0.6) is 0 Å². The average molecular weight is 402 g/mol. The number of nitrogens with zero attached hydrogens (tertiary/aromatic N) is 4. The fraction of sp³-hybridized carbons (Fsp3) is 0.667. The molecule has 0 spiro atoms. The molecule has 2 aliphatic rings. The lowest BCUT2D eigenvalue weighted by molar-refractivity contribution is -0.0134. The molecule has 0 radical (unpaired) electrons. The number of aliphatic hydroxyl groups excluding tert-OH is 2. The van der Waals surface area contributed by atoms with E-state index in [2.05, 4.69) is 15.0 Å². The Bertz CT molecular complexity index is 923. The zero-order valence-electron chi connectivity index (χ0n) is 14.4. The number of fused-ring (bicyclic) bond motifs is 2. The molecule has 2 fully saturated rings. The van der Waals surface area contributed by atoms with Crippen molar-refractivity contribution in [2.45, 2.75) is 31.6 Å². The maximum atomic E-state index is 12.7. The van der Waals surface area contributed by atoms with Gasteiger partial charge in [0.05, 0.1) is 25.1 Å². The maximum absolute atomic E-state index is 12.7. The van der Waals surface area contributed by atoms with E-state index >= 15 is 0 Å². The fourth-order valence-electron chi connectivity index (χ4n) is 4.53. The Kier molecular flexibility index (Phi) is 4.09. The fourth-order valence-corrected chi connectivity index (χ4v) is 6.96. The van der Waals surface area contributed by atoms with Gasteiger partial charge in [-0.25, -0.2) is 4.98 Å². The van der Waals surface area contributed by atoms with E-state index in [0.29, 0.717) is 24.2 Å². The largest absolute Gasteiger partial charge is 0.390 e. The normalized spacial score (nSPS) is 35.4. The van der Waals surface area contributed by atoms with E-state index in [1.807, 2.05) is 0 Å². The van der Waals surface area contributed by atoms with E-state index in [1.54, 1.807) is 18.2 Å². The van der Waals surface area contributed by atoms with Crippen molar-refractivity contribution >= 4 is 36.0 Å². The van der Waals surface area contributed by atoms with Gasteiger partial charge in [-0.3, -0.25) is 4.57 Å². The van der Waals surface area contributed by atoms with Gasteiger partial charge in [-0.05, 0) is 30.9 Å². The lowest BCUT2D eigenvalue weighted by atomic mass is 10.0. The molecular formula is C15H21ClN5O4P. The van der Waals surface area contributed by atoms with Gasteiger partial charge in [-0.2, -0.15) is 9.97 Å². The first-order valence-corrected chi connectivity index (χ1v) is 11.1. The minimum absolute atomic E-state index is 0.0127. The molecule has 11 heteroatoms. The number of halogens is 1. The lowest BCUT2D eigenvalue weighted by Crippen LogP contribution is -2.35. The van der Waals surface area contributed by atoms with E-state index in [-0.39, 0.29) is 23.2 Å². The second-order valence-electron chi connectivity index (χ2n) is 7.26. The summed E-state index contributed by atoms with van der Waals surface area (Å²) in [5, 5.41) is 21.4. The van der Waals surface area contributed by atoms with Crippen molar-refractivity contribution in [2.75, 3.05) is 25.2 Å². The molecule has 2 saturated carbocycles. The van der Waals surface area contributed by atoms with Crippen molar-refractivity contribution in [3.63, 3.8) is 0 Å². The van der Waals surface area contributed by atoms with Gasteiger partial charge in [0.25, 0.3) is 0 Å². The molecule has 6 atom stereocenters. The predicted molar refractivity (Wildman–Crippen MR) is 96.4 cm³/mol. The van der Waals surface area contributed by atoms with Crippen LogP contribution in [0.1, 0.15) is 19.4 Å². The molecular weight excluding hydrogens is 381 g/mol. The summed E-state index contributed by atoms with van der Waals surface area (Å²) in [5.41, 5.74) is 6.02. The van der Waals surface area contributed by atoms with E-state index < -0.39 is 31.0 Å². The molecule has 0 aliphatic heterocycles. The average Bonchev–Trinajstić information content (AvgIpc) is 3.00. The smallest absolute Gasteiger partial charge is 0.226 e. The monoisotopic (exact) mass is 401 g/mol. The predicted octanol–water partition coefficient (Wildman–Crippen LogP) is 1.29. The maximum Gasteiger partial charge on any atom is 0.226 e. The highest BCUT2D eigenvalue weighted by Crippen LogP contribution is 2.72. The molecule has 4 N–H and O–H groups in total. The number of hydrogen-bond acceptors (Lipinski definition) is 8.